The van der Waals surface area contributed by atoms with E-state index in [1.54, 1.807) is 18.3 Å². The molecule has 5 nitrogen and oxygen atoms in total. The Balaban J connectivity index is 1.77. The molecule has 0 unspecified atom stereocenters. The van der Waals surface area contributed by atoms with Crippen molar-refractivity contribution in [2.24, 2.45) is 0 Å². The number of aryl methyl sites for hydroxylation is 1. The monoisotopic (exact) mass is 361 g/mol. The van der Waals surface area contributed by atoms with E-state index >= 15 is 0 Å². The van der Waals surface area contributed by atoms with Crippen molar-refractivity contribution in [2.45, 2.75) is 50.9 Å². The molecule has 1 amide bonds. The second kappa shape index (κ2) is 7.44. The lowest BCUT2D eigenvalue weighted by Crippen LogP contribution is -2.42. The third-order valence-corrected chi connectivity index (χ3v) is 6.15. The lowest BCUT2D eigenvalue weighted by atomic mass is 9.73. The zero-order valence-electron chi connectivity index (χ0n) is 14.3. The SMILES string of the molecule is Cc1coc(CC(=O)O)c1C(=O)NCC1(c2cccs2)CCCCC1. The van der Waals surface area contributed by atoms with Crippen LogP contribution in [0.15, 0.2) is 28.2 Å². The largest absolute Gasteiger partial charge is 0.481 e. The maximum absolute atomic E-state index is 12.7. The Morgan fingerprint density at radius 3 is 2.72 bits per heavy atom. The second-order valence-electron chi connectivity index (χ2n) is 6.79. The molecule has 0 bridgehead atoms. The molecule has 1 saturated carbocycles. The summed E-state index contributed by atoms with van der Waals surface area (Å²) in [5.41, 5.74) is 1.02. The molecule has 1 aliphatic carbocycles. The number of hydrogen-bond donors (Lipinski definition) is 2. The third-order valence-electron chi connectivity index (χ3n) is 5.03. The van der Waals surface area contributed by atoms with E-state index in [1.165, 1.54) is 30.4 Å². The Labute approximate surface area is 151 Å². The van der Waals surface area contributed by atoms with Gasteiger partial charge in [-0.15, -0.1) is 11.3 Å². The number of thiophene rings is 1. The Bertz CT molecular complexity index is 742. The number of nitrogens with one attached hydrogen (secondary N) is 1. The van der Waals surface area contributed by atoms with Crippen LogP contribution in [0.2, 0.25) is 0 Å². The van der Waals surface area contributed by atoms with Crippen LogP contribution in [-0.4, -0.2) is 23.5 Å². The topological polar surface area (TPSA) is 79.5 Å². The van der Waals surface area contributed by atoms with Crippen molar-refractivity contribution in [1.29, 1.82) is 0 Å². The van der Waals surface area contributed by atoms with Crippen LogP contribution in [0.1, 0.15) is 58.7 Å². The van der Waals surface area contributed by atoms with Crippen molar-refractivity contribution in [2.75, 3.05) is 6.54 Å². The molecule has 2 aromatic rings. The number of rotatable bonds is 6. The van der Waals surface area contributed by atoms with Crippen molar-refractivity contribution in [1.82, 2.24) is 5.32 Å². The molecule has 25 heavy (non-hydrogen) atoms. The lowest BCUT2D eigenvalue weighted by Gasteiger charge is -2.36. The fourth-order valence-corrected chi connectivity index (χ4v) is 4.71. The highest BCUT2D eigenvalue weighted by Gasteiger charge is 2.35. The molecule has 0 spiro atoms. The summed E-state index contributed by atoms with van der Waals surface area (Å²) in [6, 6.07) is 4.21. The Morgan fingerprint density at radius 2 is 2.08 bits per heavy atom. The number of carboxylic acid groups (broad SMARTS) is 1. The van der Waals surface area contributed by atoms with Gasteiger partial charge in [-0.1, -0.05) is 25.3 Å². The van der Waals surface area contributed by atoms with Crippen LogP contribution in [0.25, 0.3) is 0 Å². The molecule has 1 fully saturated rings. The molecule has 0 radical (unpaired) electrons. The summed E-state index contributed by atoms with van der Waals surface area (Å²) in [6.07, 6.45) is 6.88. The first-order valence-electron chi connectivity index (χ1n) is 8.63. The van der Waals surface area contributed by atoms with Gasteiger partial charge >= 0.3 is 5.97 Å². The fraction of sp³-hybridized carbons (Fsp3) is 0.474. The summed E-state index contributed by atoms with van der Waals surface area (Å²) < 4.78 is 5.28. The maximum atomic E-state index is 12.7. The van der Waals surface area contributed by atoms with Gasteiger partial charge < -0.3 is 14.8 Å². The molecule has 1 aliphatic rings. The van der Waals surface area contributed by atoms with Gasteiger partial charge in [0.1, 0.15) is 12.2 Å². The first-order valence-corrected chi connectivity index (χ1v) is 9.51. The zero-order valence-corrected chi connectivity index (χ0v) is 15.2. The van der Waals surface area contributed by atoms with Gasteiger partial charge in [0.2, 0.25) is 0 Å². The molecule has 0 atom stereocenters. The van der Waals surface area contributed by atoms with Crippen LogP contribution in [0.5, 0.6) is 0 Å². The van der Waals surface area contributed by atoms with Crippen molar-refractivity contribution in [3.63, 3.8) is 0 Å². The van der Waals surface area contributed by atoms with E-state index in [0.29, 0.717) is 17.7 Å². The third kappa shape index (κ3) is 3.79. The van der Waals surface area contributed by atoms with E-state index < -0.39 is 5.97 Å². The highest BCUT2D eigenvalue weighted by Crippen LogP contribution is 2.41. The molecule has 6 heteroatoms. The van der Waals surface area contributed by atoms with E-state index in [2.05, 4.69) is 22.8 Å². The molecule has 2 heterocycles. The summed E-state index contributed by atoms with van der Waals surface area (Å²) >= 11 is 1.74. The van der Waals surface area contributed by atoms with E-state index in [1.807, 2.05) is 0 Å². The predicted molar refractivity (Wildman–Crippen MR) is 96.2 cm³/mol. The molecule has 2 aromatic heterocycles. The normalized spacial score (nSPS) is 16.5. The summed E-state index contributed by atoms with van der Waals surface area (Å²) in [6.45, 7) is 2.34. The van der Waals surface area contributed by atoms with Gasteiger partial charge in [0.25, 0.3) is 5.91 Å². The summed E-state index contributed by atoms with van der Waals surface area (Å²) in [4.78, 5) is 25.0. The van der Waals surface area contributed by atoms with Crippen LogP contribution in [-0.2, 0) is 16.6 Å². The van der Waals surface area contributed by atoms with Gasteiger partial charge in [-0.05, 0) is 31.2 Å². The Hall–Kier alpha value is -2.08. The molecule has 0 aromatic carbocycles. The van der Waals surface area contributed by atoms with Crippen molar-refractivity contribution in [3.05, 3.63) is 45.5 Å². The summed E-state index contributed by atoms with van der Waals surface area (Å²) in [7, 11) is 0. The number of furan rings is 1. The number of aliphatic carboxylic acids is 1. The average molecular weight is 361 g/mol. The Kier molecular flexibility index (Phi) is 5.27. The minimum atomic E-state index is -1.01. The minimum Gasteiger partial charge on any atom is -0.481 e. The van der Waals surface area contributed by atoms with Gasteiger partial charge in [0.15, 0.2) is 0 Å². The van der Waals surface area contributed by atoms with Crippen molar-refractivity contribution in [3.8, 4) is 0 Å². The first-order chi connectivity index (χ1) is 12.0. The van der Waals surface area contributed by atoms with E-state index in [4.69, 9.17) is 9.52 Å². The van der Waals surface area contributed by atoms with E-state index in [9.17, 15) is 9.59 Å². The van der Waals surface area contributed by atoms with Crippen LogP contribution < -0.4 is 5.32 Å². The molecule has 3 rings (SSSR count). The van der Waals surface area contributed by atoms with Crippen molar-refractivity contribution >= 4 is 23.2 Å². The predicted octanol–water partition coefficient (Wildman–Crippen LogP) is 3.91. The second-order valence-corrected chi connectivity index (χ2v) is 7.74. The number of carbonyl (C=O) groups excluding carboxylic acids is 1. The highest BCUT2D eigenvalue weighted by atomic mass is 32.1. The number of carbonyl (C=O) groups is 2. The molecule has 0 aliphatic heterocycles. The van der Waals surface area contributed by atoms with Gasteiger partial charge in [-0.2, -0.15) is 0 Å². The number of carboxylic acids is 1. The van der Waals surface area contributed by atoms with Gasteiger partial charge in [-0.25, -0.2) is 0 Å². The minimum absolute atomic E-state index is 0.00726. The molecule has 0 saturated heterocycles. The van der Waals surface area contributed by atoms with Crippen LogP contribution in [0.3, 0.4) is 0 Å². The standard InChI is InChI=1S/C19H23NO4S/c1-13-11-24-14(10-16(21)22)17(13)18(23)20-12-19(7-3-2-4-8-19)15-6-5-9-25-15/h5-6,9,11H,2-4,7-8,10,12H2,1H3,(H,20,23)(H,21,22). The van der Waals surface area contributed by atoms with E-state index in [-0.39, 0.29) is 23.5 Å². The summed E-state index contributed by atoms with van der Waals surface area (Å²) in [5, 5.41) is 14.1. The summed E-state index contributed by atoms with van der Waals surface area (Å²) in [5.74, 6) is -1.04. The molecular weight excluding hydrogens is 338 g/mol. The number of hydrogen-bond acceptors (Lipinski definition) is 4. The number of amides is 1. The van der Waals surface area contributed by atoms with Crippen LogP contribution in [0, 0.1) is 6.92 Å². The maximum Gasteiger partial charge on any atom is 0.311 e. The van der Waals surface area contributed by atoms with Crippen LogP contribution >= 0.6 is 11.3 Å². The smallest absolute Gasteiger partial charge is 0.311 e. The highest BCUT2D eigenvalue weighted by molar-refractivity contribution is 7.10. The van der Waals surface area contributed by atoms with Gasteiger partial charge in [0.05, 0.1) is 11.8 Å². The van der Waals surface area contributed by atoms with Gasteiger partial charge in [-0.3, -0.25) is 9.59 Å². The Morgan fingerprint density at radius 1 is 1.32 bits per heavy atom. The van der Waals surface area contributed by atoms with E-state index in [0.717, 1.165) is 12.8 Å². The average Bonchev–Trinajstić information content (AvgIpc) is 3.24. The molecule has 2 N–H and O–H groups in total. The lowest BCUT2D eigenvalue weighted by molar-refractivity contribution is -0.136. The van der Waals surface area contributed by atoms with Gasteiger partial charge in [0, 0.05) is 22.4 Å². The first kappa shape index (κ1) is 17.7. The van der Waals surface area contributed by atoms with Crippen LogP contribution in [0.4, 0.5) is 0 Å². The molecule has 134 valence electrons. The van der Waals surface area contributed by atoms with Crippen molar-refractivity contribution < 1.29 is 19.1 Å². The zero-order chi connectivity index (χ0) is 17.9. The fourth-order valence-electron chi connectivity index (χ4n) is 3.73. The quantitative estimate of drug-likeness (QED) is 0.817. The molecular formula is C19H23NO4S.